The molecule has 7 heteroatoms. The maximum atomic E-state index is 6.12. The molecule has 0 saturated carbocycles. The normalized spacial score (nSPS) is 11.2. The molecular formula is C16H12ClN5S. The quantitative estimate of drug-likeness (QED) is 0.598. The first-order valence-electron chi connectivity index (χ1n) is 6.91. The number of thiophene rings is 1. The lowest BCUT2D eigenvalue weighted by molar-refractivity contribution is 0.924. The van der Waals surface area contributed by atoms with Gasteiger partial charge in [-0.3, -0.25) is 0 Å². The van der Waals surface area contributed by atoms with Gasteiger partial charge in [0, 0.05) is 17.6 Å². The van der Waals surface area contributed by atoms with Gasteiger partial charge in [-0.2, -0.15) is 0 Å². The number of hydrogen-bond donors (Lipinski definition) is 1. The lowest BCUT2D eigenvalue weighted by atomic mass is 10.1. The van der Waals surface area contributed by atoms with E-state index in [-0.39, 0.29) is 0 Å². The number of nitrogens with zero attached hydrogens (tertiary/aromatic N) is 4. The van der Waals surface area contributed by atoms with E-state index in [0.717, 1.165) is 32.0 Å². The van der Waals surface area contributed by atoms with Crippen LogP contribution >= 0.6 is 22.9 Å². The molecule has 0 aliphatic rings. The van der Waals surface area contributed by atoms with Crippen LogP contribution in [0.2, 0.25) is 5.02 Å². The average Bonchev–Trinajstić information content (AvgIpc) is 3.11. The van der Waals surface area contributed by atoms with Crippen molar-refractivity contribution in [1.29, 1.82) is 0 Å². The number of rotatable bonds is 2. The molecular weight excluding hydrogens is 330 g/mol. The summed E-state index contributed by atoms with van der Waals surface area (Å²) in [5.41, 5.74) is 8.81. The number of nitrogen functional groups attached to an aromatic ring is 1. The second kappa shape index (κ2) is 5.33. The van der Waals surface area contributed by atoms with E-state index < -0.39 is 0 Å². The zero-order valence-electron chi connectivity index (χ0n) is 12.2. The molecule has 3 heterocycles. The number of nitrogens with two attached hydrogens (primary N) is 1. The summed E-state index contributed by atoms with van der Waals surface area (Å²) < 4.78 is 1.99. The lowest BCUT2D eigenvalue weighted by Crippen LogP contribution is -1.90. The zero-order valence-corrected chi connectivity index (χ0v) is 13.8. The highest BCUT2D eigenvalue weighted by Crippen LogP contribution is 2.38. The largest absolute Gasteiger partial charge is 0.383 e. The second-order valence-electron chi connectivity index (χ2n) is 5.15. The number of aryl methyl sites for hydroxylation is 1. The molecule has 0 unspecified atom stereocenters. The Hall–Kier alpha value is -2.44. The van der Waals surface area contributed by atoms with Gasteiger partial charge in [0.1, 0.15) is 17.0 Å². The van der Waals surface area contributed by atoms with Crippen molar-refractivity contribution >= 4 is 39.0 Å². The molecule has 4 rings (SSSR count). The highest BCUT2D eigenvalue weighted by molar-refractivity contribution is 7.21. The van der Waals surface area contributed by atoms with Gasteiger partial charge < -0.3 is 10.3 Å². The number of imidazole rings is 1. The molecule has 0 aliphatic carbocycles. The summed E-state index contributed by atoms with van der Waals surface area (Å²) in [5, 5.41) is 1.55. The summed E-state index contributed by atoms with van der Waals surface area (Å²) in [7, 11) is 1.97. The Bertz CT molecular complexity index is 1020. The molecule has 0 atom stereocenters. The molecule has 0 bridgehead atoms. The van der Waals surface area contributed by atoms with Crippen LogP contribution in [-0.2, 0) is 7.05 Å². The maximum absolute atomic E-state index is 6.12. The Morgan fingerprint density at radius 2 is 2.04 bits per heavy atom. The fraction of sp³-hybridized carbons (Fsp3) is 0.0625. The van der Waals surface area contributed by atoms with Crippen molar-refractivity contribution in [3.8, 4) is 21.8 Å². The summed E-state index contributed by atoms with van der Waals surface area (Å²) >= 11 is 7.69. The van der Waals surface area contributed by atoms with E-state index in [1.165, 1.54) is 6.33 Å². The Labute approximate surface area is 141 Å². The van der Waals surface area contributed by atoms with E-state index in [4.69, 9.17) is 17.3 Å². The number of anilines is 1. The first-order valence-corrected chi connectivity index (χ1v) is 8.10. The number of fused-ring (bicyclic) bond motifs is 1. The van der Waals surface area contributed by atoms with Gasteiger partial charge in [0.2, 0.25) is 0 Å². The first kappa shape index (κ1) is 14.2. The third kappa shape index (κ3) is 2.36. The minimum Gasteiger partial charge on any atom is -0.383 e. The molecule has 4 aromatic rings. The monoisotopic (exact) mass is 341 g/mol. The average molecular weight is 342 g/mol. The van der Waals surface area contributed by atoms with Gasteiger partial charge in [0.25, 0.3) is 0 Å². The number of halogens is 1. The third-order valence-electron chi connectivity index (χ3n) is 3.63. The SMILES string of the molecule is Cn1cnc(-c2cccc(Cl)c2)c1-c1cc2c(N)ncnc2s1. The van der Waals surface area contributed by atoms with E-state index >= 15 is 0 Å². The third-order valence-corrected chi connectivity index (χ3v) is 4.91. The van der Waals surface area contributed by atoms with Crippen LogP contribution in [0.3, 0.4) is 0 Å². The zero-order chi connectivity index (χ0) is 16.0. The fourth-order valence-electron chi connectivity index (χ4n) is 2.56. The van der Waals surface area contributed by atoms with E-state index in [0.29, 0.717) is 10.8 Å². The summed E-state index contributed by atoms with van der Waals surface area (Å²) in [6.45, 7) is 0. The molecule has 0 radical (unpaired) electrons. The van der Waals surface area contributed by atoms with Crippen molar-refractivity contribution < 1.29 is 0 Å². The van der Waals surface area contributed by atoms with E-state index in [2.05, 4.69) is 15.0 Å². The maximum Gasteiger partial charge on any atom is 0.135 e. The Kier molecular flexibility index (Phi) is 3.28. The van der Waals surface area contributed by atoms with Crippen LogP contribution < -0.4 is 5.73 Å². The molecule has 5 nitrogen and oxygen atoms in total. The van der Waals surface area contributed by atoms with Gasteiger partial charge in [-0.05, 0) is 18.2 Å². The van der Waals surface area contributed by atoms with Gasteiger partial charge >= 0.3 is 0 Å². The Balaban J connectivity index is 1.95. The molecule has 114 valence electrons. The van der Waals surface area contributed by atoms with Crippen molar-refractivity contribution in [2.24, 2.45) is 7.05 Å². The van der Waals surface area contributed by atoms with Crippen molar-refractivity contribution in [1.82, 2.24) is 19.5 Å². The van der Waals surface area contributed by atoms with Gasteiger partial charge in [-0.1, -0.05) is 23.7 Å². The summed E-state index contributed by atoms with van der Waals surface area (Å²) in [4.78, 5) is 14.8. The van der Waals surface area contributed by atoms with E-state index in [9.17, 15) is 0 Å². The minimum atomic E-state index is 0.490. The fourth-order valence-corrected chi connectivity index (χ4v) is 3.84. The topological polar surface area (TPSA) is 69.6 Å². The predicted octanol–water partition coefficient (Wildman–Crippen LogP) is 3.99. The van der Waals surface area contributed by atoms with Gasteiger partial charge in [-0.15, -0.1) is 11.3 Å². The van der Waals surface area contributed by atoms with Crippen LogP contribution in [-0.4, -0.2) is 19.5 Å². The van der Waals surface area contributed by atoms with Crippen LogP contribution in [0.25, 0.3) is 32.0 Å². The van der Waals surface area contributed by atoms with Gasteiger partial charge in [0.05, 0.1) is 28.0 Å². The molecule has 0 amide bonds. The van der Waals surface area contributed by atoms with Crippen LogP contribution in [0.15, 0.2) is 43.0 Å². The number of aromatic nitrogens is 4. The van der Waals surface area contributed by atoms with Crippen molar-refractivity contribution in [2.45, 2.75) is 0 Å². The van der Waals surface area contributed by atoms with Crippen molar-refractivity contribution in [3.63, 3.8) is 0 Å². The molecule has 3 aromatic heterocycles. The molecule has 2 N–H and O–H groups in total. The van der Waals surface area contributed by atoms with Crippen molar-refractivity contribution in [2.75, 3.05) is 5.73 Å². The Morgan fingerprint density at radius 1 is 1.17 bits per heavy atom. The molecule has 1 aromatic carbocycles. The number of benzene rings is 1. The predicted molar refractivity (Wildman–Crippen MR) is 94.5 cm³/mol. The molecule has 23 heavy (non-hydrogen) atoms. The van der Waals surface area contributed by atoms with Gasteiger partial charge in [0.15, 0.2) is 0 Å². The van der Waals surface area contributed by atoms with E-state index in [1.54, 1.807) is 17.7 Å². The minimum absolute atomic E-state index is 0.490. The summed E-state index contributed by atoms with van der Waals surface area (Å²) in [5.74, 6) is 0.490. The van der Waals surface area contributed by atoms with Gasteiger partial charge in [-0.25, -0.2) is 15.0 Å². The molecule has 0 spiro atoms. The van der Waals surface area contributed by atoms with Crippen LogP contribution in [0.5, 0.6) is 0 Å². The van der Waals surface area contributed by atoms with Crippen LogP contribution in [0.1, 0.15) is 0 Å². The van der Waals surface area contributed by atoms with Crippen LogP contribution in [0.4, 0.5) is 5.82 Å². The summed E-state index contributed by atoms with van der Waals surface area (Å²) in [6.07, 6.45) is 3.28. The smallest absolute Gasteiger partial charge is 0.135 e. The molecule has 0 fully saturated rings. The lowest BCUT2D eigenvalue weighted by Gasteiger charge is -2.04. The highest BCUT2D eigenvalue weighted by atomic mass is 35.5. The van der Waals surface area contributed by atoms with E-state index in [1.807, 2.05) is 41.9 Å². The van der Waals surface area contributed by atoms with Crippen LogP contribution in [0, 0.1) is 0 Å². The van der Waals surface area contributed by atoms with Crippen molar-refractivity contribution in [3.05, 3.63) is 48.0 Å². The molecule has 0 saturated heterocycles. The Morgan fingerprint density at radius 3 is 2.83 bits per heavy atom. The second-order valence-corrected chi connectivity index (χ2v) is 6.62. The first-order chi connectivity index (χ1) is 11.1. The highest BCUT2D eigenvalue weighted by Gasteiger charge is 2.17. The molecule has 0 aliphatic heterocycles. The standard InChI is InChI=1S/C16H12ClN5S/c1-22-8-21-13(9-3-2-4-10(17)5-9)14(22)12-6-11-15(18)19-7-20-16(11)23-12/h2-8H,1H3,(H2,18,19,20). The number of hydrogen-bond acceptors (Lipinski definition) is 5. The summed E-state index contributed by atoms with van der Waals surface area (Å²) in [6, 6.07) is 9.70.